The van der Waals surface area contributed by atoms with E-state index in [2.05, 4.69) is 49.0 Å². The third-order valence-corrected chi connectivity index (χ3v) is 5.51. The highest BCUT2D eigenvalue weighted by atomic mass is 16.6. The SMILES string of the molecule is C=C(C)c1cc(-c2ccc(OCC3CO3)cc2)ccc1-c1ccc(OCC2CO2)cc1. The van der Waals surface area contributed by atoms with Crippen molar-refractivity contribution >= 4 is 5.57 Å². The summed E-state index contributed by atoms with van der Waals surface area (Å²) in [7, 11) is 0. The molecule has 0 spiro atoms. The molecule has 2 unspecified atom stereocenters. The van der Waals surface area contributed by atoms with Crippen LogP contribution in [0.2, 0.25) is 0 Å². The predicted molar refractivity (Wildman–Crippen MR) is 122 cm³/mol. The fourth-order valence-corrected chi connectivity index (χ4v) is 3.51. The largest absolute Gasteiger partial charge is 0.491 e. The maximum atomic E-state index is 5.76. The molecule has 31 heavy (non-hydrogen) atoms. The molecule has 158 valence electrons. The molecule has 0 aliphatic carbocycles. The molecular formula is C27H26O4. The van der Waals surface area contributed by atoms with Crippen molar-refractivity contribution in [2.75, 3.05) is 26.4 Å². The Morgan fingerprint density at radius 3 is 1.74 bits per heavy atom. The van der Waals surface area contributed by atoms with Crippen molar-refractivity contribution in [1.82, 2.24) is 0 Å². The van der Waals surface area contributed by atoms with E-state index < -0.39 is 0 Å². The van der Waals surface area contributed by atoms with Gasteiger partial charge in [-0.1, -0.05) is 48.6 Å². The summed E-state index contributed by atoms with van der Waals surface area (Å²) in [6.45, 7) is 9.10. The van der Waals surface area contributed by atoms with Crippen LogP contribution in [-0.2, 0) is 9.47 Å². The monoisotopic (exact) mass is 414 g/mol. The topological polar surface area (TPSA) is 43.5 Å². The molecule has 0 aromatic heterocycles. The van der Waals surface area contributed by atoms with E-state index in [1.807, 2.05) is 31.2 Å². The lowest BCUT2D eigenvalue weighted by molar-refractivity contribution is 0.263. The van der Waals surface area contributed by atoms with Gasteiger partial charge in [-0.3, -0.25) is 0 Å². The first-order valence-electron chi connectivity index (χ1n) is 10.7. The van der Waals surface area contributed by atoms with Gasteiger partial charge in [0.2, 0.25) is 0 Å². The quantitative estimate of drug-likeness (QED) is 0.427. The van der Waals surface area contributed by atoms with Crippen LogP contribution in [0.3, 0.4) is 0 Å². The molecule has 4 nitrogen and oxygen atoms in total. The molecule has 0 radical (unpaired) electrons. The van der Waals surface area contributed by atoms with Crippen molar-refractivity contribution < 1.29 is 18.9 Å². The smallest absolute Gasteiger partial charge is 0.119 e. The Morgan fingerprint density at radius 2 is 1.26 bits per heavy atom. The minimum absolute atomic E-state index is 0.259. The highest BCUT2D eigenvalue weighted by molar-refractivity contribution is 5.83. The zero-order chi connectivity index (χ0) is 21.2. The summed E-state index contributed by atoms with van der Waals surface area (Å²) in [5.41, 5.74) is 6.79. The summed E-state index contributed by atoms with van der Waals surface area (Å²) in [6.07, 6.45) is 0.522. The second kappa shape index (κ2) is 8.58. The van der Waals surface area contributed by atoms with Gasteiger partial charge in [-0.2, -0.15) is 0 Å². The van der Waals surface area contributed by atoms with Gasteiger partial charge in [-0.15, -0.1) is 0 Å². The number of allylic oxidation sites excluding steroid dienone is 1. The molecule has 5 rings (SSSR count). The van der Waals surface area contributed by atoms with Gasteiger partial charge in [-0.25, -0.2) is 0 Å². The highest BCUT2D eigenvalue weighted by Crippen LogP contribution is 2.34. The molecule has 0 bridgehead atoms. The molecule has 2 aliphatic rings. The maximum absolute atomic E-state index is 5.76. The van der Waals surface area contributed by atoms with E-state index in [4.69, 9.17) is 18.9 Å². The van der Waals surface area contributed by atoms with Crippen molar-refractivity contribution in [1.29, 1.82) is 0 Å². The lowest BCUT2D eigenvalue weighted by Crippen LogP contribution is -2.03. The predicted octanol–water partition coefficient (Wildman–Crippen LogP) is 5.61. The zero-order valence-corrected chi connectivity index (χ0v) is 17.7. The summed E-state index contributed by atoms with van der Waals surface area (Å²) in [6, 6.07) is 23.0. The van der Waals surface area contributed by atoms with E-state index in [0.29, 0.717) is 13.2 Å². The minimum Gasteiger partial charge on any atom is -0.491 e. The Hall–Kier alpha value is -3.08. The Labute approximate surface area is 183 Å². The third kappa shape index (κ3) is 4.98. The number of ether oxygens (including phenoxy) is 4. The molecule has 2 heterocycles. The Balaban J connectivity index is 1.34. The number of benzene rings is 3. The van der Waals surface area contributed by atoms with Crippen LogP contribution in [0.1, 0.15) is 12.5 Å². The Kier molecular flexibility index (Phi) is 5.49. The van der Waals surface area contributed by atoms with E-state index in [0.717, 1.165) is 58.1 Å². The van der Waals surface area contributed by atoms with E-state index >= 15 is 0 Å². The molecule has 3 aromatic carbocycles. The van der Waals surface area contributed by atoms with Crippen molar-refractivity contribution in [2.45, 2.75) is 19.1 Å². The molecular weight excluding hydrogens is 388 g/mol. The van der Waals surface area contributed by atoms with Crippen LogP contribution in [0.4, 0.5) is 0 Å². The number of hydrogen-bond donors (Lipinski definition) is 0. The minimum atomic E-state index is 0.259. The Morgan fingerprint density at radius 1 is 0.774 bits per heavy atom. The fourth-order valence-electron chi connectivity index (χ4n) is 3.51. The van der Waals surface area contributed by atoms with Crippen molar-refractivity contribution in [3.05, 3.63) is 78.9 Å². The molecule has 0 N–H and O–H groups in total. The molecule has 3 aromatic rings. The second-order valence-corrected chi connectivity index (χ2v) is 8.12. The lowest BCUT2D eigenvalue weighted by Gasteiger charge is -2.14. The first kappa shape index (κ1) is 19.9. The summed E-state index contributed by atoms with van der Waals surface area (Å²) in [5, 5.41) is 0. The standard InChI is InChI=1S/C27H26O4/c1-18(2)27-13-21(19-3-8-22(9-4-19)28-14-24-16-30-24)7-12-26(27)20-5-10-23(11-6-20)29-15-25-17-31-25/h3-13,24-25H,1,14-17H2,2H3. The lowest BCUT2D eigenvalue weighted by atomic mass is 9.92. The normalized spacial score (nSPS) is 19.0. The average Bonchev–Trinajstić information content (AvgIpc) is 3.72. The van der Waals surface area contributed by atoms with Crippen LogP contribution >= 0.6 is 0 Å². The summed E-state index contributed by atoms with van der Waals surface area (Å²) >= 11 is 0. The van der Waals surface area contributed by atoms with Gasteiger partial charge in [0.1, 0.15) is 36.9 Å². The molecule has 2 aliphatic heterocycles. The zero-order valence-electron chi connectivity index (χ0n) is 17.7. The molecule has 2 saturated heterocycles. The number of epoxide rings is 2. The van der Waals surface area contributed by atoms with Gasteiger partial charge in [0.15, 0.2) is 0 Å². The van der Waals surface area contributed by atoms with E-state index in [1.165, 1.54) is 0 Å². The number of rotatable bonds is 9. The van der Waals surface area contributed by atoms with E-state index in [9.17, 15) is 0 Å². The van der Waals surface area contributed by atoms with Gasteiger partial charge in [0, 0.05) is 0 Å². The van der Waals surface area contributed by atoms with Crippen LogP contribution in [0.15, 0.2) is 73.3 Å². The van der Waals surface area contributed by atoms with Gasteiger partial charge in [0.25, 0.3) is 0 Å². The van der Waals surface area contributed by atoms with Crippen LogP contribution in [0.25, 0.3) is 27.8 Å². The van der Waals surface area contributed by atoms with E-state index in [-0.39, 0.29) is 12.2 Å². The van der Waals surface area contributed by atoms with Crippen LogP contribution in [0.5, 0.6) is 11.5 Å². The van der Waals surface area contributed by atoms with Gasteiger partial charge in [-0.05, 0) is 65.1 Å². The van der Waals surface area contributed by atoms with Crippen LogP contribution < -0.4 is 9.47 Å². The van der Waals surface area contributed by atoms with Gasteiger partial charge in [0.05, 0.1) is 13.2 Å². The van der Waals surface area contributed by atoms with Crippen molar-refractivity contribution in [2.24, 2.45) is 0 Å². The van der Waals surface area contributed by atoms with Crippen LogP contribution in [-0.4, -0.2) is 38.6 Å². The summed E-state index contributed by atoms with van der Waals surface area (Å²) < 4.78 is 21.9. The molecule has 4 heteroatoms. The second-order valence-electron chi connectivity index (χ2n) is 8.12. The first-order valence-corrected chi connectivity index (χ1v) is 10.7. The fraction of sp³-hybridized carbons (Fsp3) is 0.259. The summed E-state index contributed by atoms with van der Waals surface area (Å²) in [5.74, 6) is 1.73. The van der Waals surface area contributed by atoms with Crippen molar-refractivity contribution in [3.63, 3.8) is 0 Å². The van der Waals surface area contributed by atoms with Crippen LogP contribution in [0, 0.1) is 0 Å². The number of hydrogen-bond acceptors (Lipinski definition) is 4. The molecule has 2 atom stereocenters. The molecule has 0 saturated carbocycles. The Bertz CT molecular complexity index is 1060. The highest BCUT2D eigenvalue weighted by Gasteiger charge is 2.23. The molecule has 2 fully saturated rings. The average molecular weight is 415 g/mol. The first-order chi connectivity index (χ1) is 15.2. The van der Waals surface area contributed by atoms with Gasteiger partial charge >= 0.3 is 0 Å². The van der Waals surface area contributed by atoms with Gasteiger partial charge < -0.3 is 18.9 Å². The van der Waals surface area contributed by atoms with Crippen molar-refractivity contribution in [3.8, 4) is 33.8 Å². The molecule has 0 amide bonds. The maximum Gasteiger partial charge on any atom is 0.119 e. The third-order valence-electron chi connectivity index (χ3n) is 5.51. The van der Waals surface area contributed by atoms with E-state index in [1.54, 1.807) is 0 Å². The summed E-state index contributed by atoms with van der Waals surface area (Å²) in [4.78, 5) is 0.